The zero-order chi connectivity index (χ0) is 13.5. The number of nitrogens with zero attached hydrogens (tertiary/aromatic N) is 1. The minimum absolute atomic E-state index is 0.0934. The molecule has 1 aliphatic heterocycles. The zero-order valence-corrected chi connectivity index (χ0v) is 13.1. The quantitative estimate of drug-likeness (QED) is 0.927. The van der Waals surface area contributed by atoms with E-state index in [-0.39, 0.29) is 12.1 Å². The van der Waals surface area contributed by atoms with E-state index < -0.39 is 0 Å². The summed E-state index contributed by atoms with van der Waals surface area (Å²) in [6.07, 6.45) is 6.06. The first-order valence-electron chi connectivity index (χ1n) is 6.78. The molecule has 1 unspecified atom stereocenters. The van der Waals surface area contributed by atoms with Gasteiger partial charge in [0, 0.05) is 21.0 Å². The molecule has 2 heterocycles. The fraction of sp³-hybridized carbons (Fsp3) is 0.643. The molecule has 1 aromatic rings. The lowest BCUT2D eigenvalue weighted by molar-refractivity contribution is -0.128. The van der Waals surface area contributed by atoms with Gasteiger partial charge in [-0.25, -0.2) is 0 Å². The Morgan fingerprint density at radius 1 is 1.53 bits per heavy atom. The Labute approximate surface area is 122 Å². The van der Waals surface area contributed by atoms with Crippen LogP contribution in [-0.2, 0) is 4.79 Å². The molecule has 0 aromatic carbocycles. The Bertz CT molecular complexity index is 476. The summed E-state index contributed by atoms with van der Waals surface area (Å²) in [5.41, 5.74) is 0. The molecule has 1 saturated carbocycles. The van der Waals surface area contributed by atoms with Gasteiger partial charge in [-0.3, -0.25) is 10.1 Å². The van der Waals surface area contributed by atoms with Gasteiger partial charge in [-0.2, -0.15) is 11.8 Å². The van der Waals surface area contributed by atoms with Crippen LogP contribution in [0.25, 0.3) is 0 Å². The molecule has 1 amide bonds. The van der Waals surface area contributed by atoms with Crippen molar-refractivity contribution < 1.29 is 4.79 Å². The highest BCUT2D eigenvalue weighted by molar-refractivity contribution is 8.00. The molecule has 1 aliphatic carbocycles. The van der Waals surface area contributed by atoms with E-state index in [1.807, 2.05) is 11.8 Å². The molecule has 2 aliphatic rings. The second kappa shape index (κ2) is 5.11. The molecule has 0 spiro atoms. The lowest BCUT2D eigenvalue weighted by Crippen LogP contribution is -2.47. The predicted molar refractivity (Wildman–Crippen MR) is 81.6 cm³/mol. The van der Waals surface area contributed by atoms with E-state index in [0.717, 1.165) is 6.54 Å². The van der Waals surface area contributed by atoms with Crippen molar-refractivity contribution in [3.05, 3.63) is 21.9 Å². The molecule has 1 saturated heterocycles. The molecule has 1 aromatic heterocycles. The van der Waals surface area contributed by atoms with Gasteiger partial charge < -0.3 is 4.90 Å². The molecule has 5 heteroatoms. The summed E-state index contributed by atoms with van der Waals surface area (Å²) in [6, 6.07) is 4.28. The van der Waals surface area contributed by atoms with Crippen LogP contribution in [0.15, 0.2) is 12.1 Å². The van der Waals surface area contributed by atoms with Gasteiger partial charge in [0.25, 0.3) is 0 Å². The molecule has 3 rings (SSSR count). The largest absolute Gasteiger partial charge is 0.320 e. The van der Waals surface area contributed by atoms with Gasteiger partial charge in [0.2, 0.25) is 5.91 Å². The first kappa shape index (κ1) is 13.5. The van der Waals surface area contributed by atoms with Crippen LogP contribution in [-0.4, -0.2) is 34.9 Å². The number of thioether (sulfide) groups is 1. The smallest absolute Gasteiger partial charge is 0.238 e. The highest BCUT2D eigenvalue weighted by Crippen LogP contribution is 2.45. The van der Waals surface area contributed by atoms with Crippen LogP contribution in [0.2, 0.25) is 0 Å². The van der Waals surface area contributed by atoms with Crippen molar-refractivity contribution in [1.82, 2.24) is 10.2 Å². The fourth-order valence-corrected chi connectivity index (χ4v) is 4.81. The van der Waals surface area contributed by atoms with E-state index in [4.69, 9.17) is 0 Å². The van der Waals surface area contributed by atoms with Crippen molar-refractivity contribution in [3.8, 4) is 0 Å². The van der Waals surface area contributed by atoms with Gasteiger partial charge in [0.15, 0.2) is 0 Å². The number of rotatable bonds is 4. The van der Waals surface area contributed by atoms with Gasteiger partial charge in [0.05, 0.1) is 6.54 Å². The molecular formula is C14H20N2OS2. The van der Waals surface area contributed by atoms with Crippen LogP contribution in [0.5, 0.6) is 0 Å². The summed E-state index contributed by atoms with van der Waals surface area (Å²) in [4.78, 5) is 16.8. The minimum atomic E-state index is 0.0934. The second-order valence-electron chi connectivity index (χ2n) is 5.49. The fourth-order valence-electron chi connectivity index (χ4n) is 2.88. The molecule has 0 radical (unpaired) electrons. The third-order valence-electron chi connectivity index (χ3n) is 4.27. The van der Waals surface area contributed by atoms with Crippen molar-refractivity contribution in [1.29, 1.82) is 0 Å². The van der Waals surface area contributed by atoms with Crippen LogP contribution >= 0.6 is 23.1 Å². The van der Waals surface area contributed by atoms with E-state index >= 15 is 0 Å². The van der Waals surface area contributed by atoms with Gasteiger partial charge in [-0.15, -0.1) is 11.3 Å². The molecule has 19 heavy (non-hydrogen) atoms. The van der Waals surface area contributed by atoms with Gasteiger partial charge >= 0.3 is 0 Å². The normalized spacial score (nSPS) is 25.7. The lowest BCUT2D eigenvalue weighted by Gasteiger charge is -2.44. The average molecular weight is 296 g/mol. The summed E-state index contributed by atoms with van der Waals surface area (Å²) in [6.45, 7) is 3.48. The number of thiophene rings is 1. The summed E-state index contributed by atoms with van der Waals surface area (Å²) in [7, 11) is 0. The third-order valence-corrected chi connectivity index (χ3v) is 6.72. The van der Waals surface area contributed by atoms with E-state index in [1.54, 1.807) is 11.3 Å². The molecule has 1 atom stereocenters. The molecular weight excluding hydrogens is 276 g/mol. The Morgan fingerprint density at radius 3 is 2.84 bits per heavy atom. The zero-order valence-electron chi connectivity index (χ0n) is 11.4. The number of carbonyl (C=O) groups excluding carboxylic acids is 1. The van der Waals surface area contributed by atoms with Crippen molar-refractivity contribution in [3.63, 3.8) is 0 Å². The SMILES string of the molecule is CSC1(CN2C(=O)CNC2c2ccc(C)s2)CCC1. The van der Waals surface area contributed by atoms with E-state index in [9.17, 15) is 4.79 Å². The highest BCUT2D eigenvalue weighted by Gasteiger charge is 2.43. The van der Waals surface area contributed by atoms with Gasteiger partial charge in [0.1, 0.15) is 6.17 Å². The summed E-state index contributed by atoms with van der Waals surface area (Å²) in [5, 5.41) is 3.36. The molecule has 104 valence electrons. The van der Waals surface area contributed by atoms with Gasteiger partial charge in [-0.1, -0.05) is 6.42 Å². The Hall–Kier alpha value is -0.520. The molecule has 1 N–H and O–H groups in total. The first-order valence-corrected chi connectivity index (χ1v) is 8.82. The molecule has 0 bridgehead atoms. The average Bonchev–Trinajstić information content (AvgIpc) is 2.91. The maximum atomic E-state index is 12.2. The van der Waals surface area contributed by atoms with Crippen molar-refractivity contribution >= 4 is 29.0 Å². The minimum Gasteiger partial charge on any atom is -0.320 e. The van der Waals surface area contributed by atoms with Gasteiger partial charge in [-0.05, 0) is 38.2 Å². The van der Waals surface area contributed by atoms with Crippen LogP contribution in [0.4, 0.5) is 0 Å². The van der Waals surface area contributed by atoms with Crippen LogP contribution in [0.1, 0.15) is 35.2 Å². The first-order chi connectivity index (χ1) is 9.13. The van der Waals surface area contributed by atoms with Crippen molar-refractivity contribution in [2.45, 2.75) is 37.1 Å². The Balaban J connectivity index is 1.79. The van der Waals surface area contributed by atoms with E-state index in [0.29, 0.717) is 11.3 Å². The monoisotopic (exact) mass is 296 g/mol. The number of aryl methyl sites for hydroxylation is 1. The molecule has 3 nitrogen and oxygen atoms in total. The topological polar surface area (TPSA) is 32.3 Å². The number of hydrogen-bond donors (Lipinski definition) is 1. The summed E-state index contributed by atoms with van der Waals surface area (Å²) in [5.74, 6) is 0.247. The van der Waals surface area contributed by atoms with E-state index in [2.05, 4.69) is 35.5 Å². The number of hydrogen-bond acceptors (Lipinski definition) is 4. The second-order valence-corrected chi connectivity index (χ2v) is 8.09. The lowest BCUT2D eigenvalue weighted by atomic mass is 9.83. The summed E-state index contributed by atoms with van der Waals surface area (Å²) < 4.78 is 0.312. The highest BCUT2D eigenvalue weighted by atomic mass is 32.2. The summed E-state index contributed by atoms with van der Waals surface area (Å²) >= 11 is 3.72. The Kier molecular flexibility index (Phi) is 3.62. The van der Waals surface area contributed by atoms with E-state index in [1.165, 1.54) is 29.0 Å². The number of nitrogens with one attached hydrogen (secondary N) is 1. The van der Waals surface area contributed by atoms with Crippen molar-refractivity contribution in [2.24, 2.45) is 0 Å². The van der Waals surface area contributed by atoms with Crippen LogP contribution < -0.4 is 5.32 Å². The standard InChI is InChI=1S/C14H20N2OS2/c1-10-4-5-11(19-10)13-15-8-12(17)16(13)9-14(18-2)6-3-7-14/h4-5,13,15H,3,6-9H2,1-2H3. The number of carbonyl (C=O) groups is 1. The molecule has 2 fully saturated rings. The van der Waals surface area contributed by atoms with Crippen LogP contribution in [0, 0.1) is 6.92 Å². The predicted octanol–water partition coefficient (Wildman–Crippen LogP) is 2.77. The Morgan fingerprint density at radius 2 is 2.32 bits per heavy atom. The maximum absolute atomic E-state index is 12.2. The van der Waals surface area contributed by atoms with Crippen LogP contribution in [0.3, 0.4) is 0 Å². The maximum Gasteiger partial charge on any atom is 0.238 e. The number of amides is 1. The van der Waals surface area contributed by atoms with Crippen molar-refractivity contribution in [2.75, 3.05) is 19.3 Å². The third kappa shape index (κ3) is 2.43.